The third-order valence-corrected chi connectivity index (χ3v) is 3.85. The van der Waals surface area contributed by atoms with E-state index in [4.69, 9.17) is 12.2 Å². The first kappa shape index (κ1) is 11.6. The van der Waals surface area contributed by atoms with Gasteiger partial charge >= 0.3 is 0 Å². The minimum atomic E-state index is 0.641. The highest BCUT2D eigenvalue weighted by molar-refractivity contribution is 7.71. The number of fused-ring (bicyclic) bond motifs is 1. The number of nitrogens with zero attached hydrogens (tertiary/aromatic N) is 3. The smallest absolute Gasteiger partial charge is 0.199 e. The molecule has 1 aromatic carbocycles. The van der Waals surface area contributed by atoms with Crippen molar-refractivity contribution in [2.24, 2.45) is 0 Å². The second-order valence-corrected chi connectivity index (χ2v) is 5.31. The van der Waals surface area contributed by atoms with Gasteiger partial charge in [0.15, 0.2) is 4.77 Å². The number of aromatic amines is 1. The van der Waals surface area contributed by atoms with Crippen molar-refractivity contribution < 1.29 is 0 Å². The van der Waals surface area contributed by atoms with E-state index in [1.807, 2.05) is 22.2 Å². The zero-order valence-electron chi connectivity index (χ0n) is 9.88. The number of H-pyrrole nitrogens is 1. The number of hydrogen-bond donors (Lipinski definition) is 1. The first-order valence-electron chi connectivity index (χ1n) is 5.79. The number of benzene rings is 1. The van der Waals surface area contributed by atoms with Crippen LogP contribution in [0.4, 0.5) is 0 Å². The van der Waals surface area contributed by atoms with Crippen molar-refractivity contribution in [2.45, 2.75) is 19.8 Å². The molecule has 0 amide bonds. The lowest BCUT2D eigenvalue weighted by atomic mass is 10.2. The normalized spacial score (nSPS) is 11.2. The van der Waals surface area contributed by atoms with Crippen molar-refractivity contribution in [3.8, 4) is 5.69 Å². The second kappa shape index (κ2) is 4.62. The summed E-state index contributed by atoms with van der Waals surface area (Å²) in [6.07, 6.45) is 1.95. The predicted molar refractivity (Wildman–Crippen MR) is 75.9 cm³/mol. The zero-order chi connectivity index (χ0) is 12.5. The number of thiazole rings is 1. The summed E-state index contributed by atoms with van der Waals surface area (Å²) in [7, 11) is 0. The fourth-order valence-corrected chi connectivity index (χ4v) is 2.94. The van der Waals surface area contributed by atoms with E-state index in [0.717, 1.165) is 34.6 Å². The Morgan fingerprint density at radius 1 is 1.44 bits per heavy atom. The highest BCUT2D eigenvalue weighted by Gasteiger charge is 2.08. The van der Waals surface area contributed by atoms with Gasteiger partial charge in [-0.15, -0.1) is 11.3 Å². The van der Waals surface area contributed by atoms with Crippen molar-refractivity contribution in [2.75, 3.05) is 0 Å². The highest BCUT2D eigenvalue weighted by Crippen LogP contribution is 2.22. The second-order valence-electron chi connectivity index (χ2n) is 4.03. The first-order chi connectivity index (χ1) is 8.79. The summed E-state index contributed by atoms with van der Waals surface area (Å²) in [4.78, 5) is 4.28. The molecule has 6 heteroatoms. The number of hydrogen-bond acceptors (Lipinski definition) is 4. The topological polar surface area (TPSA) is 46.5 Å². The molecule has 92 valence electrons. The molecule has 0 aliphatic carbocycles. The Kier molecular flexibility index (Phi) is 2.97. The van der Waals surface area contributed by atoms with Crippen molar-refractivity contribution in [3.05, 3.63) is 34.3 Å². The molecular weight excluding hydrogens is 264 g/mol. The maximum atomic E-state index is 5.30. The zero-order valence-corrected chi connectivity index (χ0v) is 11.5. The van der Waals surface area contributed by atoms with Gasteiger partial charge in [-0.3, -0.25) is 9.67 Å². The Labute approximate surface area is 113 Å². The van der Waals surface area contributed by atoms with Gasteiger partial charge in [-0.05, 0) is 36.8 Å². The molecule has 18 heavy (non-hydrogen) atoms. The van der Waals surface area contributed by atoms with Crippen LogP contribution < -0.4 is 0 Å². The molecular formula is C12H12N4S2. The van der Waals surface area contributed by atoms with Crippen LogP contribution in [-0.4, -0.2) is 19.7 Å². The highest BCUT2D eigenvalue weighted by atomic mass is 32.1. The molecule has 0 aliphatic heterocycles. The van der Waals surface area contributed by atoms with E-state index in [9.17, 15) is 0 Å². The van der Waals surface area contributed by atoms with Crippen LogP contribution >= 0.6 is 23.6 Å². The monoisotopic (exact) mass is 276 g/mol. The van der Waals surface area contributed by atoms with Gasteiger partial charge in [-0.2, -0.15) is 5.10 Å². The Bertz CT molecular complexity index is 738. The van der Waals surface area contributed by atoms with Gasteiger partial charge in [0.25, 0.3) is 0 Å². The van der Waals surface area contributed by atoms with Crippen LogP contribution in [0.1, 0.15) is 19.2 Å². The van der Waals surface area contributed by atoms with Crippen LogP contribution in [0, 0.1) is 4.77 Å². The van der Waals surface area contributed by atoms with Gasteiger partial charge in [-0.1, -0.05) is 6.92 Å². The largest absolute Gasteiger partial charge is 0.272 e. The molecule has 2 aromatic heterocycles. The molecule has 0 radical (unpaired) electrons. The van der Waals surface area contributed by atoms with E-state index in [2.05, 4.69) is 28.2 Å². The Hall–Kier alpha value is -1.53. The lowest BCUT2D eigenvalue weighted by Crippen LogP contribution is -2.01. The molecule has 0 aliphatic rings. The summed E-state index contributed by atoms with van der Waals surface area (Å²) >= 11 is 6.94. The number of aryl methyl sites for hydroxylation is 1. The molecule has 3 aromatic rings. The number of aromatic nitrogens is 4. The molecule has 2 heterocycles. The van der Waals surface area contributed by atoms with Crippen LogP contribution in [0.25, 0.3) is 15.9 Å². The molecule has 0 unspecified atom stereocenters. The minimum Gasteiger partial charge on any atom is -0.272 e. The summed E-state index contributed by atoms with van der Waals surface area (Å²) in [5.41, 5.74) is 3.93. The summed E-state index contributed by atoms with van der Waals surface area (Å²) in [6, 6.07) is 6.16. The maximum Gasteiger partial charge on any atom is 0.199 e. The van der Waals surface area contributed by atoms with Crippen molar-refractivity contribution in [1.82, 2.24) is 19.7 Å². The molecule has 0 spiro atoms. The molecule has 0 saturated heterocycles. The third kappa shape index (κ3) is 1.87. The summed E-state index contributed by atoms with van der Waals surface area (Å²) < 4.78 is 3.80. The minimum absolute atomic E-state index is 0.641. The lowest BCUT2D eigenvalue weighted by Gasteiger charge is -2.05. The van der Waals surface area contributed by atoms with Gasteiger partial charge in [0.05, 0.1) is 21.4 Å². The Morgan fingerprint density at radius 2 is 2.33 bits per heavy atom. The predicted octanol–water partition coefficient (Wildman–Crippen LogP) is 3.49. The summed E-state index contributed by atoms with van der Waals surface area (Å²) in [5.74, 6) is 0.978. The van der Waals surface area contributed by atoms with Crippen LogP contribution in [0.3, 0.4) is 0 Å². The SMILES string of the molecule is CCCc1n[nH]c(=S)n1-c1ccc2ncsc2c1. The van der Waals surface area contributed by atoms with E-state index in [1.54, 1.807) is 11.3 Å². The fourth-order valence-electron chi connectivity index (χ4n) is 1.97. The summed E-state index contributed by atoms with van der Waals surface area (Å²) in [5, 5.41) is 7.15. The van der Waals surface area contributed by atoms with Crippen LogP contribution in [0.2, 0.25) is 0 Å². The molecule has 0 bridgehead atoms. The molecule has 4 nitrogen and oxygen atoms in total. The third-order valence-electron chi connectivity index (χ3n) is 2.79. The van der Waals surface area contributed by atoms with E-state index in [-0.39, 0.29) is 0 Å². The fraction of sp³-hybridized carbons (Fsp3) is 0.250. The number of rotatable bonds is 3. The standard InChI is InChI=1S/C12H12N4S2/c1-2-3-11-14-15-12(17)16(11)8-4-5-9-10(6-8)18-7-13-9/h4-7H,2-3H2,1H3,(H,15,17). The summed E-state index contributed by atoms with van der Waals surface area (Å²) in [6.45, 7) is 2.13. The molecule has 0 fully saturated rings. The van der Waals surface area contributed by atoms with Crippen LogP contribution in [-0.2, 0) is 6.42 Å². The Morgan fingerprint density at radius 3 is 3.17 bits per heavy atom. The molecule has 0 atom stereocenters. The lowest BCUT2D eigenvalue weighted by molar-refractivity contribution is 0.802. The number of nitrogens with one attached hydrogen (secondary N) is 1. The van der Waals surface area contributed by atoms with Crippen molar-refractivity contribution in [1.29, 1.82) is 0 Å². The average molecular weight is 276 g/mol. The maximum absolute atomic E-state index is 5.30. The van der Waals surface area contributed by atoms with E-state index in [0.29, 0.717) is 4.77 Å². The van der Waals surface area contributed by atoms with Crippen LogP contribution in [0.5, 0.6) is 0 Å². The van der Waals surface area contributed by atoms with Crippen molar-refractivity contribution in [3.63, 3.8) is 0 Å². The quantitative estimate of drug-likeness (QED) is 0.745. The van der Waals surface area contributed by atoms with Crippen molar-refractivity contribution >= 4 is 33.8 Å². The van der Waals surface area contributed by atoms with Gasteiger partial charge < -0.3 is 0 Å². The molecule has 0 saturated carbocycles. The van der Waals surface area contributed by atoms with Gasteiger partial charge in [-0.25, -0.2) is 4.98 Å². The van der Waals surface area contributed by atoms with E-state index >= 15 is 0 Å². The van der Waals surface area contributed by atoms with Crippen LogP contribution in [0.15, 0.2) is 23.7 Å². The molecule has 1 N–H and O–H groups in total. The average Bonchev–Trinajstić information content (AvgIpc) is 2.96. The van der Waals surface area contributed by atoms with Gasteiger partial charge in [0, 0.05) is 6.42 Å². The van der Waals surface area contributed by atoms with E-state index < -0.39 is 0 Å². The van der Waals surface area contributed by atoms with Gasteiger partial charge in [0.1, 0.15) is 5.82 Å². The molecule has 3 rings (SSSR count). The van der Waals surface area contributed by atoms with Gasteiger partial charge in [0.2, 0.25) is 0 Å². The first-order valence-corrected chi connectivity index (χ1v) is 7.08. The van der Waals surface area contributed by atoms with E-state index in [1.165, 1.54) is 0 Å². The Balaban J connectivity index is 2.18.